The van der Waals surface area contributed by atoms with Crippen molar-refractivity contribution >= 4 is 61.5 Å². The zero-order valence-corrected chi connectivity index (χ0v) is 31.0. The van der Waals surface area contributed by atoms with Crippen LogP contribution < -0.4 is 45.6 Å². The van der Waals surface area contributed by atoms with Gasteiger partial charge < -0.3 is 24.8 Å². The van der Waals surface area contributed by atoms with E-state index in [4.69, 9.17) is 0 Å². The first-order chi connectivity index (χ1) is 21.1. The molecule has 0 amide bonds. The molecule has 0 unspecified atom stereocenters. The van der Waals surface area contributed by atoms with E-state index in [1.165, 1.54) is 75.7 Å². The molecule has 0 nitrogen and oxygen atoms in total. The van der Waals surface area contributed by atoms with E-state index < -0.39 is 8.07 Å². The second-order valence-electron chi connectivity index (χ2n) is 12.1. The molecule has 0 saturated carbocycles. The third-order valence-corrected chi connectivity index (χ3v) is 14.8. The predicted molar refractivity (Wildman–Crippen MR) is 189 cm³/mol. The Labute approximate surface area is 304 Å². The van der Waals surface area contributed by atoms with Crippen LogP contribution in [0.5, 0.6) is 0 Å². The summed E-state index contributed by atoms with van der Waals surface area (Å²) in [5.41, 5.74) is 8.04. The van der Waals surface area contributed by atoms with Crippen LogP contribution in [0.15, 0.2) is 146 Å². The number of aryl methyl sites for hydroxylation is 2. The van der Waals surface area contributed by atoms with Gasteiger partial charge in [0, 0.05) is 0 Å². The maximum absolute atomic E-state index is 2.77. The minimum atomic E-state index is -2.77. The van der Waals surface area contributed by atoms with Crippen LogP contribution in [-0.2, 0) is 26.2 Å². The van der Waals surface area contributed by atoms with E-state index in [1.807, 2.05) is 0 Å². The van der Waals surface area contributed by atoms with Crippen LogP contribution in [0.4, 0.5) is 0 Å². The summed E-state index contributed by atoms with van der Waals surface area (Å²) in [7, 11) is -2.77. The van der Waals surface area contributed by atoms with E-state index in [9.17, 15) is 0 Å². The predicted octanol–water partition coefficient (Wildman–Crippen LogP) is 2.12. The molecule has 0 atom stereocenters. The van der Waals surface area contributed by atoms with Crippen molar-refractivity contribution < 1.29 is 51.0 Å². The zero-order valence-electron chi connectivity index (χ0n) is 26.0. The molecule has 2 aliphatic rings. The number of hydrogen-bond acceptors (Lipinski definition) is 0. The Morgan fingerprint density at radius 1 is 0.543 bits per heavy atom. The monoisotopic (exact) mass is 726 g/mol. The van der Waals surface area contributed by atoms with E-state index in [1.54, 1.807) is 0 Å². The van der Waals surface area contributed by atoms with Crippen molar-refractivity contribution in [3.05, 3.63) is 168 Å². The smallest absolute Gasteiger partial charge is 1.00 e. The summed E-state index contributed by atoms with van der Waals surface area (Å²) in [6, 6.07) is 42.0. The van der Waals surface area contributed by atoms with E-state index >= 15 is 0 Å². The van der Waals surface area contributed by atoms with E-state index in [0.717, 1.165) is 12.8 Å². The molecular formula is C42H34Cl2SiZr. The number of allylic oxidation sites excluding steroid dienone is 8. The van der Waals surface area contributed by atoms with E-state index in [-0.39, 0.29) is 51.0 Å². The minimum Gasteiger partial charge on any atom is -1.00 e. The van der Waals surface area contributed by atoms with Gasteiger partial charge in [-0.05, 0) is 24.0 Å². The molecule has 0 aromatic heterocycles. The number of benzene rings is 4. The Morgan fingerprint density at radius 3 is 1.33 bits per heavy atom. The van der Waals surface area contributed by atoms with Crippen LogP contribution in [-0.4, -0.2) is 8.07 Å². The van der Waals surface area contributed by atoms with Gasteiger partial charge >= 0.3 is 26.2 Å². The number of hydrogen-bond donors (Lipinski definition) is 0. The Balaban J connectivity index is 0.00000139. The summed E-state index contributed by atoms with van der Waals surface area (Å²) in [4.78, 5) is 0. The van der Waals surface area contributed by atoms with Gasteiger partial charge in [0.2, 0.25) is 0 Å². The minimum absolute atomic E-state index is 0. The van der Waals surface area contributed by atoms with Crippen LogP contribution in [0.2, 0.25) is 0 Å². The SMILES string of the molecule is Cc1[cH-]c2cc(C3=CCC=C3)ccc2c1[Si](c1ccccc1)(c1ccccc1)c1c(C)[cH-]c2cc(C3=CCC=C3)ccc12.[Cl-].[Cl-].[Zr+4]. The molecule has 224 valence electrons. The topological polar surface area (TPSA) is 0 Å². The van der Waals surface area contributed by atoms with Gasteiger partial charge in [-0.25, -0.2) is 0 Å². The van der Waals surface area contributed by atoms with E-state index in [0.29, 0.717) is 0 Å². The van der Waals surface area contributed by atoms with Gasteiger partial charge in [0.25, 0.3) is 0 Å². The molecule has 0 saturated heterocycles. The van der Waals surface area contributed by atoms with Crippen LogP contribution >= 0.6 is 0 Å². The maximum atomic E-state index is 2.44. The van der Waals surface area contributed by atoms with Gasteiger partial charge in [-0.15, -0.1) is 79.4 Å². The van der Waals surface area contributed by atoms with Crippen LogP contribution in [0.3, 0.4) is 0 Å². The Morgan fingerprint density at radius 2 is 0.957 bits per heavy atom. The number of halogens is 2. The molecule has 8 rings (SSSR count). The molecule has 6 aromatic rings. The van der Waals surface area contributed by atoms with Crippen molar-refractivity contribution in [3.63, 3.8) is 0 Å². The molecule has 0 spiro atoms. The molecule has 0 aliphatic heterocycles. The van der Waals surface area contributed by atoms with Crippen LogP contribution in [0.25, 0.3) is 32.7 Å². The third kappa shape index (κ3) is 5.44. The first kappa shape index (κ1) is 34.1. The average Bonchev–Trinajstić information content (AvgIpc) is 3.86. The molecule has 46 heavy (non-hydrogen) atoms. The molecule has 0 radical (unpaired) electrons. The summed E-state index contributed by atoms with van der Waals surface area (Å²) in [5, 5.41) is 11.3. The van der Waals surface area contributed by atoms with Crippen molar-refractivity contribution in [2.75, 3.05) is 0 Å². The molecule has 0 heterocycles. The van der Waals surface area contributed by atoms with Crippen molar-refractivity contribution in [3.8, 4) is 0 Å². The largest absolute Gasteiger partial charge is 4.00 e. The van der Waals surface area contributed by atoms with Gasteiger partial charge in [0.15, 0.2) is 0 Å². The molecular weight excluding hydrogens is 695 g/mol. The number of fused-ring (bicyclic) bond motifs is 2. The third-order valence-electron chi connectivity index (χ3n) is 9.55. The second-order valence-corrected chi connectivity index (χ2v) is 15.7. The Hall–Kier alpha value is -3.26. The molecule has 2 aliphatic carbocycles. The summed E-state index contributed by atoms with van der Waals surface area (Å²) < 4.78 is 0. The first-order valence-corrected chi connectivity index (χ1v) is 17.4. The summed E-state index contributed by atoms with van der Waals surface area (Å²) in [5.74, 6) is 0. The first-order valence-electron chi connectivity index (χ1n) is 15.4. The summed E-state index contributed by atoms with van der Waals surface area (Å²) >= 11 is 0. The van der Waals surface area contributed by atoms with Gasteiger partial charge in [0.05, 0.1) is 8.07 Å². The quantitative estimate of drug-likeness (QED) is 0.182. The van der Waals surface area contributed by atoms with Crippen LogP contribution in [0.1, 0.15) is 35.1 Å². The normalized spacial score (nSPS) is 13.7. The average molecular weight is 729 g/mol. The Bertz CT molecular complexity index is 1990. The standard InChI is InChI=1S/C42H34Si.2ClH.Zr/c1-29-25-35-27-33(31-13-9-10-14-31)21-23-39(35)41(29)43(37-17-5-3-6-18-37,38-19-7-4-8-20-38)42-30(2)26-36-28-34(22-24-40(36)42)32-15-11-12-16-32;;;/h3-9,11,13-28H,10,12H2,1-2H3;2*1H;/q-2;;;+4/p-2. The summed E-state index contributed by atoms with van der Waals surface area (Å²) in [6.45, 7) is 4.68. The maximum Gasteiger partial charge on any atom is 4.00 e. The van der Waals surface area contributed by atoms with Crippen molar-refractivity contribution in [2.24, 2.45) is 0 Å². The van der Waals surface area contributed by atoms with Crippen molar-refractivity contribution in [1.29, 1.82) is 0 Å². The van der Waals surface area contributed by atoms with Gasteiger partial charge in [-0.3, -0.25) is 0 Å². The summed E-state index contributed by atoms with van der Waals surface area (Å²) in [6.07, 6.45) is 15.7. The van der Waals surface area contributed by atoms with E-state index in [2.05, 4.69) is 159 Å². The molecule has 6 aromatic carbocycles. The fourth-order valence-corrected chi connectivity index (χ4v) is 13.5. The fourth-order valence-electron chi connectivity index (χ4n) is 7.80. The van der Waals surface area contributed by atoms with Crippen LogP contribution in [0, 0.1) is 13.8 Å². The second kappa shape index (κ2) is 13.8. The Kier molecular flexibility index (Phi) is 10.3. The molecule has 0 bridgehead atoms. The van der Waals surface area contributed by atoms with Gasteiger partial charge in [0.1, 0.15) is 0 Å². The van der Waals surface area contributed by atoms with Gasteiger partial charge in [-0.2, -0.15) is 0 Å². The van der Waals surface area contributed by atoms with Crippen molar-refractivity contribution in [2.45, 2.75) is 26.7 Å². The number of rotatable bonds is 6. The zero-order chi connectivity index (χ0) is 29.0. The molecule has 0 fully saturated rings. The van der Waals surface area contributed by atoms with Gasteiger partial charge in [-0.1, -0.05) is 145 Å². The fraction of sp³-hybridized carbons (Fsp3) is 0.0952. The molecule has 0 N–H and O–H groups in total. The van der Waals surface area contributed by atoms with Crippen molar-refractivity contribution in [1.82, 2.24) is 0 Å². The molecule has 4 heteroatoms.